The summed E-state index contributed by atoms with van der Waals surface area (Å²) in [6, 6.07) is 14.1. The molecule has 3 aromatic rings. The molecule has 0 fully saturated rings. The van der Waals surface area contributed by atoms with Crippen LogP contribution in [0.3, 0.4) is 0 Å². The van der Waals surface area contributed by atoms with E-state index in [2.05, 4.69) is 29.3 Å². The van der Waals surface area contributed by atoms with Crippen LogP contribution in [0.2, 0.25) is 0 Å². The number of allylic oxidation sites excluding steroid dienone is 1. The lowest BCUT2D eigenvalue weighted by Crippen LogP contribution is -2.31. The number of thiocarbonyl (C=S) groups is 1. The highest BCUT2D eigenvalue weighted by atomic mass is 32.1. The molecule has 2 N–H and O–H groups in total. The molecule has 3 rings (SSSR count). The molecule has 0 bridgehead atoms. The largest absolute Gasteiger partial charge is 0.456 e. The zero-order chi connectivity index (χ0) is 15.5. The first-order valence-corrected chi connectivity index (χ1v) is 7.36. The minimum atomic E-state index is 0.556. The van der Waals surface area contributed by atoms with Crippen molar-refractivity contribution in [1.29, 1.82) is 0 Å². The van der Waals surface area contributed by atoms with Crippen LogP contribution in [0.15, 0.2) is 65.2 Å². The van der Waals surface area contributed by atoms with Gasteiger partial charge in [-0.3, -0.25) is 0 Å². The van der Waals surface area contributed by atoms with E-state index in [1.54, 1.807) is 13.1 Å². The van der Waals surface area contributed by atoms with Gasteiger partial charge >= 0.3 is 0 Å². The summed E-state index contributed by atoms with van der Waals surface area (Å²) in [6.45, 7) is 3.81. The van der Waals surface area contributed by atoms with E-state index in [0.29, 0.717) is 5.11 Å². The van der Waals surface area contributed by atoms with Crippen LogP contribution in [0.4, 0.5) is 0 Å². The number of rotatable bonds is 3. The Morgan fingerprint density at radius 2 is 1.91 bits per heavy atom. The Hall–Kier alpha value is -2.59. The second-order valence-electron chi connectivity index (χ2n) is 4.86. The summed E-state index contributed by atoms with van der Waals surface area (Å²) >= 11 is 5.11. The molecule has 0 amide bonds. The van der Waals surface area contributed by atoms with E-state index >= 15 is 0 Å². The molecule has 0 aliphatic heterocycles. The molecule has 0 unspecified atom stereocenters. The van der Waals surface area contributed by atoms with Crippen molar-refractivity contribution in [3.05, 3.63) is 66.4 Å². The normalized spacial score (nSPS) is 11.6. The third-order valence-corrected chi connectivity index (χ3v) is 3.73. The molecular weight excluding hydrogens is 292 g/mol. The van der Waals surface area contributed by atoms with Crippen LogP contribution in [-0.2, 0) is 0 Å². The molecule has 0 saturated heterocycles. The Morgan fingerprint density at radius 1 is 1.14 bits per heavy atom. The molecule has 0 atom stereocenters. The van der Waals surface area contributed by atoms with Crippen molar-refractivity contribution >= 4 is 45.3 Å². The standard InChI is InChI=1S/C18H16N2OS/c1-3-13(20-18(22)19-2)10-12-8-9-17-15(11-12)14-6-4-5-7-16(14)21-17/h3-11H,1H2,2H3,(H2,19,20,22)/b13-10-. The Morgan fingerprint density at radius 3 is 2.68 bits per heavy atom. The molecule has 0 aliphatic carbocycles. The van der Waals surface area contributed by atoms with Gasteiger partial charge in [0.05, 0.1) is 0 Å². The molecule has 22 heavy (non-hydrogen) atoms. The average molecular weight is 308 g/mol. The van der Waals surface area contributed by atoms with Crippen LogP contribution in [0.25, 0.3) is 28.0 Å². The molecule has 0 saturated carbocycles. The van der Waals surface area contributed by atoms with Gasteiger partial charge in [-0.2, -0.15) is 0 Å². The van der Waals surface area contributed by atoms with E-state index in [1.807, 2.05) is 36.4 Å². The molecule has 0 radical (unpaired) electrons. The minimum absolute atomic E-state index is 0.556. The summed E-state index contributed by atoms with van der Waals surface area (Å²) in [5, 5.41) is 8.74. The summed E-state index contributed by atoms with van der Waals surface area (Å²) in [5.41, 5.74) is 3.68. The van der Waals surface area contributed by atoms with Crippen molar-refractivity contribution in [1.82, 2.24) is 10.6 Å². The lowest BCUT2D eigenvalue weighted by molar-refractivity contribution is 0.669. The fourth-order valence-electron chi connectivity index (χ4n) is 2.35. The van der Waals surface area contributed by atoms with Crippen LogP contribution in [0, 0.1) is 0 Å². The molecule has 4 heteroatoms. The van der Waals surface area contributed by atoms with E-state index < -0.39 is 0 Å². The third kappa shape index (κ3) is 2.73. The molecule has 110 valence electrons. The summed E-state index contributed by atoms with van der Waals surface area (Å²) in [7, 11) is 1.78. The summed E-state index contributed by atoms with van der Waals surface area (Å²) < 4.78 is 5.83. The molecular formula is C18H16N2OS. The van der Waals surface area contributed by atoms with Gasteiger partial charge in [0.2, 0.25) is 0 Å². The average Bonchev–Trinajstić information content (AvgIpc) is 2.92. The predicted octanol–water partition coefficient (Wildman–Crippen LogP) is 4.21. The van der Waals surface area contributed by atoms with Gasteiger partial charge in [-0.15, -0.1) is 0 Å². The highest BCUT2D eigenvalue weighted by molar-refractivity contribution is 7.80. The number of hydrogen-bond acceptors (Lipinski definition) is 2. The highest BCUT2D eigenvalue weighted by Gasteiger charge is 2.06. The molecule has 0 spiro atoms. The zero-order valence-electron chi connectivity index (χ0n) is 12.2. The number of furan rings is 1. The Kier molecular flexibility index (Phi) is 3.94. The van der Waals surface area contributed by atoms with Crippen molar-refractivity contribution in [3.8, 4) is 0 Å². The van der Waals surface area contributed by atoms with E-state index in [-0.39, 0.29) is 0 Å². The van der Waals surface area contributed by atoms with Crippen LogP contribution in [-0.4, -0.2) is 12.2 Å². The molecule has 1 heterocycles. The fourth-order valence-corrected chi connectivity index (χ4v) is 2.47. The summed E-state index contributed by atoms with van der Waals surface area (Å²) in [4.78, 5) is 0. The number of nitrogens with one attached hydrogen (secondary N) is 2. The SMILES string of the molecule is C=C/C(=C/c1ccc2oc3ccccc3c2c1)NC(=S)NC. The maximum atomic E-state index is 5.83. The van der Waals surface area contributed by atoms with Gasteiger partial charge in [-0.05, 0) is 48.1 Å². The first-order valence-electron chi connectivity index (χ1n) is 6.95. The van der Waals surface area contributed by atoms with Crippen molar-refractivity contribution < 1.29 is 4.42 Å². The number of para-hydroxylation sites is 1. The van der Waals surface area contributed by atoms with E-state index in [0.717, 1.165) is 33.2 Å². The van der Waals surface area contributed by atoms with Crippen molar-refractivity contribution in [2.24, 2.45) is 0 Å². The fraction of sp³-hybridized carbons (Fsp3) is 0.0556. The first-order chi connectivity index (χ1) is 10.7. The van der Waals surface area contributed by atoms with Crippen LogP contribution >= 0.6 is 12.2 Å². The van der Waals surface area contributed by atoms with Gasteiger partial charge < -0.3 is 15.1 Å². The van der Waals surface area contributed by atoms with Crippen LogP contribution < -0.4 is 10.6 Å². The molecule has 3 nitrogen and oxygen atoms in total. The van der Waals surface area contributed by atoms with Crippen molar-refractivity contribution in [2.45, 2.75) is 0 Å². The lowest BCUT2D eigenvalue weighted by atomic mass is 10.1. The van der Waals surface area contributed by atoms with E-state index in [9.17, 15) is 0 Å². The molecule has 2 aromatic carbocycles. The maximum Gasteiger partial charge on any atom is 0.170 e. The van der Waals surface area contributed by atoms with Gasteiger partial charge in [-0.1, -0.05) is 30.8 Å². The topological polar surface area (TPSA) is 37.2 Å². The first kappa shape index (κ1) is 14.4. The monoisotopic (exact) mass is 308 g/mol. The predicted molar refractivity (Wildman–Crippen MR) is 96.7 cm³/mol. The van der Waals surface area contributed by atoms with Crippen LogP contribution in [0.5, 0.6) is 0 Å². The van der Waals surface area contributed by atoms with Crippen molar-refractivity contribution in [3.63, 3.8) is 0 Å². The quantitative estimate of drug-likeness (QED) is 0.561. The number of fused-ring (bicyclic) bond motifs is 3. The van der Waals surface area contributed by atoms with E-state index in [4.69, 9.17) is 16.6 Å². The maximum absolute atomic E-state index is 5.83. The van der Waals surface area contributed by atoms with Crippen molar-refractivity contribution in [2.75, 3.05) is 7.05 Å². The smallest absolute Gasteiger partial charge is 0.170 e. The van der Waals surface area contributed by atoms with Crippen LogP contribution in [0.1, 0.15) is 5.56 Å². The molecule has 1 aromatic heterocycles. The summed E-state index contributed by atoms with van der Waals surface area (Å²) in [6.07, 6.45) is 3.74. The van der Waals surface area contributed by atoms with Gasteiger partial charge in [0.25, 0.3) is 0 Å². The second kappa shape index (κ2) is 6.03. The summed E-state index contributed by atoms with van der Waals surface area (Å²) in [5.74, 6) is 0. The van der Waals surface area contributed by atoms with E-state index in [1.165, 1.54) is 0 Å². The van der Waals surface area contributed by atoms with Gasteiger partial charge in [0.15, 0.2) is 5.11 Å². The van der Waals surface area contributed by atoms with Gasteiger partial charge in [0.1, 0.15) is 11.2 Å². The number of hydrogen-bond donors (Lipinski definition) is 2. The second-order valence-corrected chi connectivity index (χ2v) is 5.27. The lowest BCUT2D eigenvalue weighted by Gasteiger charge is -2.07. The third-order valence-electron chi connectivity index (χ3n) is 3.43. The molecule has 0 aliphatic rings. The van der Waals surface area contributed by atoms with Gasteiger partial charge in [-0.25, -0.2) is 0 Å². The minimum Gasteiger partial charge on any atom is -0.456 e. The Balaban J connectivity index is 2.05. The Labute approximate surface area is 134 Å². The number of benzene rings is 2. The zero-order valence-corrected chi connectivity index (χ0v) is 13.0. The highest BCUT2D eigenvalue weighted by Crippen LogP contribution is 2.29. The Bertz CT molecular complexity index is 892. The van der Waals surface area contributed by atoms with Gasteiger partial charge in [0, 0.05) is 23.5 Å².